The van der Waals surface area contributed by atoms with Crippen molar-refractivity contribution < 1.29 is 13.2 Å². The van der Waals surface area contributed by atoms with Crippen LogP contribution in [0.4, 0.5) is 0 Å². The van der Waals surface area contributed by atoms with E-state index in [4.69, 9.17) is 0 Å². The topological polar surface area (TPSA) is 92.3 Å². The Morgan fingerprint density at radius 1 is 1.13 bits per heavy atom. The summed E-state index contributed by atoms with van der Waals surface area (Å²) in [6.45, 7) is 3.48. The predicted octanol–water partition coefficient (Wildman–Crippen LogP) is 2.84. The van der Waals surface area contributed by atoms with E-state index in [0.29, 0.717) is 30.0 Å². The van der Waals surface area contributed by atoms with Crippen LogP contribution in [-0.2, 0) is 21.2 Å². The van der Waals surface area contributed by atoms with E-state index < -0.39 is 16.1 Å². The highest BCUT2D eigenvalue weighted by atomic mass is 32.2. The highest BCUT2D eigenvalue weighted by Gasteiger charge is 2.32. The molecular weight excluding hydrogens is 420 g/mol. The lowest BCUT2D eigenvalue weighted by molar-refractivity contribution is -0.134. The fourth-order valence-electron chi connectivity index (χ4n) is 3.73. The van der Waals surface area contributed by atoms with Gasteiger partial charge >= 0.3 is 0 Å². The Bertz CT molecular complexity index is 1120. The average molecular weight is 445 g/mol. The van der Waals surface area contributed by atoms with Crippen molar-refractivity contribution in [2.24, 2.45) is 5.92 Å². The van der Waals surface area contributed by atoms with E-state index in [0.717, 1.165) is 30.1 Å². The summed E-state index contributed by atoms with van der Waals surface area (Å²) >= 11 is 0.966. The third kappa shape index (κ3) is 4.53. The molecule has 1 atom stereocenters. The Hall–Kier alpha value is -2.36. The number of fused-ring (bicyclic) bond motifs is 1. The number of nitrogens with one attached hydrogen (secondary N) is 1. The first-order chi connectivity index (χ1) is 14.4. The first kappa shape index (κ1) is 20.9. The first-order valence-corrected chi connectivity index (χ1v) is 12.2. The highest BCUT2D eigenvalue weighted by molar-refractivity contribution is 7.89. The van der Waals surface area contributed by atoms with Gasteiger partial charge in [0.25, 0.3) is 0 Å². The molecule has 1 N–H and O–H groups in total. The fourth-order valence-corrected chi connectivity index (χ4v) is 5.68. The number of sulfonamides is 1. The van der Waals surface area contributed by atoms with Gasteiger partial charge in [0.05, 0.1) is 11.7 Å². The maximum absolute atomic E-state index is 13.3. The molecule has 3 aromatic rings. The van der Waals surface area contributed by atoms with Crippen molar-refractivity contribution in [2.45, 2.75) is 37.1 Å². The first-order valence-electron chi connectivity index (χ1n) is 10.0. The van der Waals surface area contributed by atoms with Gasteiger partial charge in [-0.3, -0.25) is 4.79 Å². The molecule has 2 aromatic carbocycles. The number of carbonyl (C=O) groups is 1. The average Bonchev–Trinajstić information content (AvgIpc) is 3.23. The molecule has 0 radical (unpaired) electrons. The number of benzene rings is 2. The van der Waals surface area contributed by atoms with Crippen LogP contribution >= 0.6 is 11.7 Å². The molecule has 1 aliphatic heterocycles. The monoisotopic (exact) mass is 444 g/mol. The third-order valence-electron chi connectivity index (χ3n) is 5.51. The molecule has 7 nitrogen and oxygen atoms in total. The summed E-state index contributed by atoms with van der Waals surface area (Å²) in [5.41, 5.74) is 1.75. The molecule has 158 valence electrons. The van der Waals surface area contributed by atoms with Crippen LogP contribution in [0.5, 0.6) is 0 Å². The normalized spacial score (nSPS) is 16.6. The quantitative estimate of drug-likeness (QED) is 0.631. The maximum Gasteiger partial charge on any atom is 0.243 e. The summed E-state index contributed by atoms with van der Waals surface area (Å²) < 4.78 is 37.4. The van der Waals surface area contributed by atoms with Gasteiger partial charge in [0.1, 0.15) is 22.0 Å². The molecule has 0 saturated carbocycles. The molecule has 1 aliphatic rings. The molecule has 0 spiro atoms. The number of piperidine rings is 1. The minimum absolute atomic E-state index is 0.0480. The Morgan fingerprint density at radius 3 is 2.60 bits per heavy atom. The molecule has 0 aliphatic carbocycles. The number of rotatable bonds is 6. The van der Waals surface area contributed by atoms with E-state index >= 15 is 0 Å². The van der Waals surface area contributed by atoms with E-state index in [1.165, 1.54) is 6.07 Å². The van der Waals surface area contributed by atoms with Crippen LogP contribution in [0.3, 0.4) is 0 Å². The summed E-state index contributed by atoms with van der Waals surface area (Å²) in [6.07, 6.45) is 2.15. The maximum atomic E-state index is 13.3. The van der Waals surface area contributed by atoms with Gasteiger partial charge in [-0.05, 0) is 42.9 Å². The molecule has 1 amide bonds. The number of hydrogen-bond donors (Lipinski definition) is 1. The van der Waals surface area contributed by atoms with Crippen LogP contribution in [0.1, 0.15) is 25.3 Å². The highest BCUT2D eigenvalue weighted by Crippen LogP contribution is 2.23. The number of carbonyl (C=O) groups excluding carboxylic acids is 1. The van der Waals surface area contributed by atoms with Crippen molar-refractivity contribution in [3.8, 4) is 0 Å². The molecule has 9 heteroatoms. The second-order valence-corrected chi connectivity index (χ2v) is 9.97. The van der Waals surface area contributed by atoms with Crippen LogP contribution < -0.4 is 4.72 Å². The molecule has 0 bridgehead atoms. The number of nitrogens with zero attached hydrogens (tertiary/aromatic N) is 3. The molecule has 1 aromatic heterocycles. The minimum atomic E-state index is -3.96. The zero-order valence-electron chi connectivity index (χ0n) is 16.7. The lowest BCUT2D eigenvalue weighted by Gasteiger charge is -2.33. The molecular formula is C21H24N4O3S2. The summed E-state index contributed by atoms with van der Waals surface area (Å²) in [4.78, 5) is 15.1. The predicted molar refractivity (Wildman–Crippen MR) is 117 cm³/mol. The van der Waals surface area contributed by atoms with E-state index in [-0.39, 0.29) is 17.2 Å². The Labute approximate surface area is 180 Å². The van der Waals surface area contributed by atoms with Crippen molar-refractivity contribution in [2.75, 3.05) is 13.1 Å². The summed E-state index contributed by atoms with van der Waals surface area (Å²) in [5.74, 6) is 0.394. The van der Waals surface area contributed by atoms with Crippen molar-refractivity contribution in [1.82, 2.24) is 18.4 Å². The fraction of sp³-hybridized carbons (Fsp3) is 0.381. The van der Waals surface area contributed by atoms with Crippen LogP contribution in [-0.4, -0.2) is 47.1 Å². The van der Waals surface area contributed by atoms with E-state index in [1.54, 1.807) is 17.0 Å². The van der Waals surface area contributed by atoms with Crippen LogP contribution in [0.25, 0.3) is 11.0 Å². The number of hydrogen-bond acceptors (Lipinski definition) is 6. The largest absolute Gasteiger partial charge is 0.341 e. The van der Waals surface area contributed by atoms with Crippen LogP contribution in [0.15, 0.2) is 53.4 Å². The summed E-state index contributed by atoms with van der Waals surface area (Å²) in [7, 11) is -3.96. The Kier molecular flexibility index (Phi) is 6.12. The van der Waals surface area contributed by atoms with Crippen molar-refractivity contribution in [3.63, 3.8) is 0 Å². The van der Waals surface area contributed by atoms with E-state index in [1.807, 2.05) is 30.3 Å². The van der Waals surface area contributed by atoms with Gasteiger partial charge in [-0.2, -0.15) is 13.5 Å². The molecule has 1 saturated heterocycles. The second-order valence-electron chi connectivity index (χ2n) is 7.76. The summed E-state index contributed by atoms with van der Waals surface area (Å²) in [5, 5.41) is 0. The number of amides is 1. The SMILES string of the molecule is CC1CCN(C(=O)C(Cc2ccccc2)NS(=O)(=O)c2cccc3nsnc23)CC1. The van der Waals surface area contributed by atoms with Gasteiger partial charge in [0.2, 0.25) is 15.9 Å². The van der Waals surface area contributed by atoms with Crippen molar-refractivity contribution >= 4 is 38.7 Å². The van der Waals surface area contributed by atoms with E-state index in [2.05, 4.69) is 20.4 Å². The molecule has 1 unspecified atom stereocenters. The number of aromatic nitrogens is 2. The molecule has 4 rings (SSSR count). The molecule has 1 fully saturated rings. The zero-order chi connectivity index (χ0) is 21.1. The minimum Gasteiger partial charge on any atom is -0.341 e. The second kappa shape index (κ2) is 8.79. The lowest BCUT2D eigenvalue weighted by atomic mass is 9.98. The van der Waals surface area contributed by atoms with Gasteiger partial charge in [0, 0.05) is 13.1 Å². The van der Waals surface area contributed by atoms with Gasteiger partial charge in [-0.15, -0.1) is 0 Å². The standard InChI is InChI=1S/C21H24N4O3S2/c1-15-10-12-25(13-11-15)21(26)18(14-16-6-3-2-4-7-16)24-30(27,28)19-9-5-8-17-20(19)23-29-22-17/h2-9,15,18,24H,10-14H2,1H3. The zero-order valence-corrected chi connectivity index (χ0v) is 18.3. The molecule has 2 heterocycles. The number of likely N-dealkylation sites (tertiary alicyclic amines) is 1. The lowest BCUT2D eigenvalue weighted by Crippen LogP contribution is -2.51. The smallest absolute Gasteiger partial charge is 0.243 e. The van der Waals surface area contributed by atoms with Gasteiger partial charge in [0.15, 0.2) is 0 Å². The van der Waals surface area contributed by atoms with Crippen LogP contribution in [0.2, 0.25) is 0 Å². The van der Waals surface area contributed by atoms with Crippen molar-refractivity contribution in [1.29, 1.82) is 0 Å². The Morgan fingerprint density at radius 2 is 1.87 bits per heavy atom. The van der Waals surface area contributed by atoms with E-state index in [9.17, 15) is 13.2 Å². The molecule has 30 heavy (non-hydrogen) atoms. The Balaban J connectivity index is 1.63. The third-order valence-corrected chi connectivity index (χ3v) is 7.56. The van der Waals surface area contributed by atoms with Gasteiger partial charge in [-0.25, -0.2) is 8.42 Å². The summed E-state index contributed by atoms with van der Waals surface area (Å²) in [6, 6.07) is 13.4. The van der Waals surface area contributed by atoms with Gasteiger partial charge in [-0.1, -0.05) is 43.3 Å². The van der Waals surface area contributed by atoms with Crippen LogP contribution in [0, 0.1) is 5.92 Å². The van der Waals surface area contributed by atoms with Gasteiger partial charge < -0.3 is 4.90 Å². The van der Waals surface area contributed by atoms with Crippen molar-refractivity contribution in [3.05, 3.63) is 54.1 Å².